The van der Waals surface area contributed by atoms with Gasteiger partial charge in [-0.25, -0.2) is 9.78 Å². The predicted molar refractivity (Wildman–Crippen MR) is 65.8 cm³/mol. The molecule has 0 fully saturated rings. The number of methoxy groups -OCH3 is 1. The van der Waals surface area contributed by atoms with Gasteiger partial charge in [0.15, 0.2) is 5.03 Å². The van der Waals surface area contributed by atoms with Gasteiger partial charge in [-0.2, -0.15) is 0 Å². The van der Waals surface area contributed by atoms with Gasteiger partial charge < -0.3 is 18.9 Å². The van der Waals surface area contributed by atoms with Crippen LogP contribution in [0.3, 0.4) is 0 Å². The van der Waals surface area contributed by atoms with E-state index in [0.717, 1.165) is 11.8 Å². The third-order valence-corrected chi connectivity index (χ3v) is 2.85. The van der Waals surface area contributed by atoms with E-state index in [2.05, 4.69) is 20.2 Å². The largest absolute Gasteiger partial charge is 0.489 e. The van der Waals surface area contributed by atoms with Crippen molar-refractivity contribution in [3.63, 3.8) is 0 Å². The molecule has 0 atom stereocenters. The van der Waals surface area contributed by atoms with E-state index in [4.69, 9.17) is 13.9 Å². The number of rotatable bonds is 5. The van der Waals surface area contributed by atoms with Crippen LogP contribution in [0.15, 0.2) is 25.8 Å². The summed E-state index contributed by atoms with van der Waals surface area (Å²) in [6.07, 6.45) is 1.22. The van der Waals surface area contributed by atoms with Crippen LogP contribution in [0.1, 0.15) is 17.6 Å². The summed E-state index contributed by atoms with van der Waals surface area (Å²) >= 11 is 0.905. The highest BCUT2D eigenvalue weighted by molar-refractivity contribution is 7.99. The van der Waals surface area contributed by atoms with Crippen LogP contribution in [-0.2, 0) is 4.74 Å². The van der Waals surface area contributed by atoms with Gasteiger partial charge in [-0.3, -0.25) is 4.79 Å². The highest BCUT2D eigenvalue weighted by Crippen LogP contribution is 2.29. The van der Waals surface area contributed by atoms with Crippen LogP contribution < -0.4 is 10.3 Å². The van der Waals surface area contributed by atoms with Gasteiger partial charge in [0.25, 0.3) is 10.8 Å². The maximum Gasteiger partial charge on any atom is 0.396 e. The first kappa shape index (κ1) is 14.1. The second-order valence-corrected chi connectivity index (χ2v) is 4.21. The number of aromatic nitrogens is 4. The van der Waals surface area contributed by atoms with Gasteiger partial charge in [0.05, 0.1) is 20.0 Å². The van der Waals surface area contributed by atoms with E-state index < -0.39 is 11.5 Å². The smallest absolute Gasteiger partial charge is 0.396 e. The summed E-state index contributed by atoms with van der Waals surface area (Å²) in [4.78, 5) is 29.2. The molecule has 0 amide bonds. The molecule has 0 spiro atoms. The maximum atomic E-state index is 11.5. The first-order valence-corrected chi connectivity index (χ1v) is 6.27. The van der Waals surface area contributed by atoms with E-state index in [1.807, 2.05) is 0 Å². The van der Waals surface area contributed by atoms with Gasteiger partial charge in [0, 0.05) is 0 Å². The number of carbonyl (C=O) groups is 1. The van der Waals surface area contributed by atoms with Gasteiger partial charge in [-0.05, 0) is 18.7 Å². The molecule has 0 unspecified atom stereocenters. The third kappa shape index (κ3) is 2.96. The Labute approximate surface area is 116 Å². The zero-order chi connectivity index (χ0) is 14.5. The minimum Gasteiger partial charge on any atom is -0.489 e. The zero-order valence-electron chi connectivity index (χ0n) is 10.6. The lowest BCUT2D eigenvalue weighted by Crippen LogP contribution is -2.10. The molecule has 0 aliphatic heterocycles. The van der Waals surface area contributed by atoms with Crippen molar-refractivity contribution in [3.05, 3.63) is 22.6 Å². The van der Waals surface area contributed by atoms with Crippen molar-refractivity contribution in [2.75, 3.05) is 13.7 Å². The number of esters is 1. The lowest BCUT2D eigenvalue weighted by atomic mass is 10.6. The minimum atomic E-state index is -0.710. The standard InChI is InChI=1S/C10H10N4O5S/c1-3-18-9(16)7-13-14-10(19-7)20-8-5(17-2)6(15)11-4-12-8/h4H,3H2,1-2H3,(H,11,12,15). The number of H-pyrrole nitrogens is 1. The third-order valence-electron chi connectivity index (χ3n) is 2.02. The van der Waals surface area contributed by atoms with Crippen molar-refractivity contribution < 1.29 is 18.7 Å². The number of nitrogens with zero attached hydrogens (tertiary/aromatic N) is 3. The Morgan fingerprint density at radius 2 is 2.30 bits per heavy atom. The van der Waals surface area contributed by atoms with Gasteiger partial charge in [0.1, 0.15) is 0 Å². The number of nitrogens with one attached hydrogen (secondary N) is 1. The van der Waals surface area contributed by atoms with E-state index >= 15 is 0 Å². The minimum absolute atomic E-state index is 0.0217. The normalized spacial score (nSPS) is 10.3. The summed E-state index contributed by atoms with van der Waals surface area (Å²) in [5.41, 5.74) is -0.435. The molecule has 2 aromatic rings. The molecule has 0 bridgehead atoms. The van der Waals surface area contributed by atoms with Crippen molar-refractivity contribution in [2.24, 2.45) is 0 Å². The number of aromatic amines is 1. The molecule has 1 N–H and O–H groups in total. The Kier molecular flexibility index (Phi) is 4.35. The number of hydrogen-bond donors (Lipinski definition) is 1. The van der Waals surface area contributed by atoms with Crippen LogP contribution in [0.2, 0.25) is 0 Å². The molecule has 2 heterocycles. The predicted octanol–water partition coefficient (Wildman–Crippen LogP) is 0.489. The Morgan fingerprint density at radius 1 is 1.50 bits per heavy atom. The summed E-state index contributed by atoms with van der Waals surface area (Å²) < 4.78 is 14.7. The molecule has 9 nitrogen and oxygen atoms in total. The van der Waals surface area contributed by atoms with Crippen LogP contribution in [0, 0.1) is 0 Å². The zero-order valence-corrected chi connectivity index (χ0v) is 11.4. The van der Waals surface area contributed by atoms with E-state index in [1.54, 1.807) is 6.92 Å². The molecule has 0 aliphatic rings. The molecular weight excluding hydrogens is 288 g/mol. The fraction of sp³-hybridized carbons (Fsp3) is 0.300. The fourth-order valence-corrected chi connectivity index (χ4v) is 1.97. The lowest BCUT2D eigenvalue weighted by molar-refractivity contribution is 0.0475. The quantitative estimate of drug-likeness (QED) is 0.620. The van der Waals surface area contributed by atoms with Gasteiger partial charge in [0.2, 0.25) is 5.75 Å². The number of hydrogen-bond acceptors (Lipinski definition) is 9. The number of ether oxygens (including phenoxy) is 2. The summed E-state index contributed by atoms with van der Waals surface area (Å²) in [5, 5.41) is 7.49. The Bertz CT molecular complexity index is 668. The van der Waals surface area contributed by atoms with Crippen molar-refractivity contribution in [3.8, 4) is 5.75 Å². The SMILES string of the molecule is CCOC(=O)c1nnc(Sc2nc[nH]c(=O)c2OC)o1. The topological polar surface area (TPSA) is 120 Å². The average molecular weight is 298 g/mol. The second kappa shape index (κ2) is 6.19. The van der Waals surface area contributed by atoms with Gasteiger partial charge in [-0.1, -0.05) is 5.10 Å². The van der Waals surface area contributed by atoms with E-state index in [9.17, 15) is 9.59 Å². The first-order chi connectivity index (χ1) is 9.65. The number of carbonyl (C=O) groups excluding carboxylic acids is 1. The van der Waals surface area contributed by atoms with Crippen molar-refractivity contribution in [1.29, 1.82) is 0 Å². The average Bonchev–Trinajstić information content (AvgIpc) is 2.88. The molecular formula is C10H10N4O5S. The van der Waals surface area contributed by atoms with Crippen LogP contribution in [-0.4, -0.2) is 39.9 Å². The highest BCUT2D eigenvalue weighted by Gasteiger charge is 2.19. The van der Waals surface area contributed by atoms with Crippen molar-refractivity contribution in [2.45, 2.75) is 17.2 Å². The molecule has 106 valence electrons. The molecule has 0 aliphatic carbocycles. The summed E-state index contributed by atoms with van der Waals surface area (Å²) in [6.45, 7) is 1.86. The Morgan fingerprint density at radius 3 is 3.00 bits per heavy atom. The maximum absolute atomic E-state index is 11.5. The first-order valence-electron chi connectivity index (χ1n) is 5.45. The molecule has 0 saturated carbocycles. The van der Waals surface area contributed by atoms with Gasteiger partial charge in [-0.15, -0.1) is 5.10 Å². The second-order valence-electron chi connectivity index (χ2n) is 3.27. The molecule has 0 saturated heterocycles. The van der Waals surface area contributed by atoms with Gasteiger partial charge >= 0.3 is 11.9 Å². The molecule has 0 aromatic carbocycles. The molecule has 0 radical (unpaired) electrons. The van der Waals surface area contributed by atoms with E-state index in [-0.39, 0.29) is 28.5 Å². The van der Waals surface area contributed by atoms with Crippen LogP contribution in [0.4, 0.5) is 0 Å². The molecule has 10 heteroatoms. The molecule has 20 heavy (non-hydrogen) atoms. The summed E-state index contributed by atoms with van der Waals surface area (Å²) in [6, 6.07) is 0. The van der Waals surface area contributed by atoms with Crippen LogP contribution >= 0.6 is 11.8 Å². The highest BCUT2D eigenvalue weighted by atomic mass is 32.2. The summed E-state index contributed by atoms with van der Waals surface area (Å²) in [7, 11) is 1.34. The van der Waals surface area contributed by atoms with Crippen molar-refractivity contribution >= 4 is 17.7 Å². The van der Waals surface area contributed by atoms with E-state index in [1.165, 1.54) is 13.4 Å². The Hall–Kier alpha value is -2.36. The van der Waals surface area contributed by atoms with Crippen molar-refractivity contribution in [1.82, 2.24) is 20.2 Å². The summed E-state index contributed by atoms with van der Waals surface area (Å²) in [5.74, 6) is -0.954. The van der Waals surface area contributed by atoms with Crippen LogP contribution in [0.25, 0.3) is 0 Å². The molecule has 2 aromatic heterocycles. The van der Waals surface area contributed by atoms with Crippen LogP contribution in [0.5, 0.6) is 5.75 Å². The monoisotopic (exact) mass is 298 g/mol. The molecule has 2 rings (SSSR count). The fourth-order valence-electron chi connectivity index (χ4n) is 1.23. The Balaban J connectivity index is 2.21. The lowest BCUT2D eigenvalue weighted by Gasteiger charge is -2.02. The van der Waals surface area contributed by atoms with E-state index in [0.29, 0.717) is 0 Å².